The molecular formula is C13H16BrNO3S. The summed E-state index contributed by atoms with van der Waals surface area (Å²) in [5.74, 6) is 0. The molecule has 6 heteroatoms. The predicted molar refractivity (Wildman–Crippen MR) is 78.9 cm³/mol. The SMILES string of the molecule is O=S(=O)(/C=C/c1cccc(Br)c1)N(CCO)C1CC1. The minimum Gasteiger partial charge on any atom is -0.395 e. The van der Waals surface area contributed by atoms with Gasteiger partial charge in [0.15, 0.2) is 0 Å². The highest BCUT2D eigenvalue weighted by Crippen LogP contribution is 2.29. The number of benzene rings is 1. The highest BCUT2D eigenvalue weighted by atomic mass is 79.9. The van der Waals surface area contributed by atoms with E-state index in [9.17, 15) is 8.42 Å². The molecule has 104 valence electrons. The summed E-state index contributed by atoms with van der Waals surface area (Å²) in [5, 5.41) is 10.2. The van der Waals surface area contributed by atoms with Gasteiger partial charge >= 0.3 is 0 Å². The largest absolute Gasteiger partial charge is 0.395 e. The molecule has 1 saturated carbocycles. The molecule has 0 heterocycles. The molecule has 0 unspecified atom stereocenters. The summed E-state index contributed by atoms with van der Waals surface area (Å²) in [6.45, 7) is 0.0102. The Morgan fingerprint density at radius 1 is 1.42 bits per heavy atom. The standard InChI is InChI=1S/C13H16BrNO3S/c14-12-3-1-2-11(10-12)6-9-19(17,18)15(7-8-16)13-4-5-13/h1-3,6,9-10,13,16H,4-5,7-8H2/b9-6+. The van der Waals surface area contributed by atoms with E-state index >= 15 is 0 Å². The summed E-state index contributed by atoms with van der Waals surface area (Å²) in [6, 6.07) is 7.48. The summed E-state index contributed by atoms with van der Waals surface area (Å²) in [6.07, 6.45) is 3.33. The van der Waals surface area contributed by atoms with Gasteiger partial charge in [-0.3, -0.25) is 0 Å². The lowest BCUT2D eigenvalue weighted by Gasteiger charge is -2.18. The van der Waals surface area contributed by atoms with Crippen LogP contribution in [0.1, 0.15) is 18.4 Å². The van der Waals surface area contributed by atoms with E-state index in [0.29, 0.717) is 0 Å². The molecule has 1 N–H and O–H groups in total. The molecule has 1 aromatic carbocycles. The number of aliphatic hydroxyl groups is 1. The van der Waals surface area contributed by atoms with Crippen LogP contribution in [-0.4, -0.2) is 37.0 Å². The maximum absolute atomic E-state index is 12.2. The van der Waals surface area contributed by atoms with Gasteiger partial charge in [0, 0.05) is 22.5 Å². The van der Waals surface area contributed by atoms with Gasteiger partial charge in [0.25, 0.3) is 0 Å². The van der Waals surface area contributed by atoms with Crippen LogP contribution in [-0.2, 0) is 10.0 Å². The van der Waals surface area contributed by atoms with Crippen molar-refractivity contribution in [1.29, 1.82) is 0 Å². The monoisotopic (exact) mass is 345 g/mol. The molecule has 0 aliphatic heterocycles. The van der Waals surface area contributed by atoms with Gasteiger partial charge in [-0.15, -0.1) is 0 Å². The molecule has 2 rings (SSSR count). The normalized spacial score (nSPS) is 16.4. The van der Waals surface area contributed by atoms with E-state index in [1.165, 1.54) is 9.71 Å². The predicted octanol–water partition coefficient (Wildman–Crippen LogP) is 2.21. The lowest BCUT2D eigenvalue weighted by atomic mass is 10.2. The fourth-order valence-corrected chi connectivity index (χ4v) is 3.70. The van der Waals surface area contributed by atoms with E-state index in [1.54, 1.807) is 6.08 Å². The van der Waals surface area contributed by atoms with Crippen molar-refractivity contribution in [1.82, 2.24) is 4.31 Å². The number of nitrogens with zero attached hydrogens (tertiary/aromatic N) is 1. The molecule has 1 aromatic rings. The van der Waals surface area contributed by atoms with Crippen LogP contribution < -0.4 is 0 Å². The van der Waals surface area contributed by atoms with Crippen molar-refractivity contribution in [3.63, 3.8) is 0 Å². The fraction of sp³-hybridized carbons (Fsp3) is 0.385. The minimum absolute atomic E-state index is 0.0595. The Balaban J connectivity index is 2.15. The Hall–Kier alpha value is -0.690. The fourth-order valence-electron chi connectivity index (χ4n) is 1.83. The first kappa shape index (κ1) is 14.7. The van der Waals surface area contributed by atoms with E-state index in [2.05, 4.69) is 15.9 Å². The van der Waals surface area contributed by atoms with Crippen LogP contribution in [0.4, 0.5) is 0 Å². The molecule has 0 bridgehead atoms. The smallest absolute Gasteiger partial charge is 0.236 e. The van der Waals surface area contributed by atoms with Gasteiger partial charge in [-0.25, -0.2) is 8.42 Å². The lowest BCUT2D eigenvalue weighted by Crippen LogP contribution is -2.34. The Morgan fingerprint density at radius 2 is 2.16 bits per heavy atom. The second-order valence-corrected chi connectivity index (χ2v) is 7.15. The zero-order valence-electron chi connectivity index (χ0n) is 10.4. The molecule has 0 radical (unpaired) electrons. The van der Waals surface area contributed by atoms with Gasteiger partial charge in [-0.2, -0.15) is 4.31 Å². The highest BCUT2D eigenvalue weighted by Gasteiger charge is 2.35. The number of aliphatic hydroxyl groups excluding tert-OH is 1. The maximum Gasteiger partial charge on any atom is 0.236 e. The quantitative estimate of drug-likeness (QED) is 0.859. The molecule has 0 saturated heterocycles. The van der Waals surface area contributed by atoms with Crippen LogP contribution in [0.25, 0.3) is 6.08 Å². The molecule has 1 aliphatic rings. The van der Waals surface area contributed by atoms with Crippen molar-refractivity contribution < 1.29 is 13.5 Å². The van der Waals surface area contributed by atoms with E-state index in [0.717, 1.165) is 22.9 Å². The summed E-state index contributed by atoms with van der Waals surface area (Å²) in [5.41, 5.74) is 0.817. The van der Waals surface area contributed by atoms with Crippen LogP contribution >= 0.6 is 15.9 Å². The zero-order valence-corrected chi connectivity index (χ0v) is 12.8. The van der Waals surface area contributed by atoms with Gasteiger partial charge in [0.05, 0.1) is 6.61 Å². The number of sulfonamides is 1. The third-order valence-corrected chi connectivity index (χ3v) is 4.99. The second kappa shape index (κ2) is 6.17. The number of hydrogen-bond acceptors (Lipinski definition) is 3. The van der Waals surface area contributed by atoms with Crippen LogP contribution in [0.5, 0.6) is 0 Å². The second-order valence-electron chi connectivity index (χ2n) is 4.47. The first-order valence-electron chi connectivity index (χ1n) is 6.09. The molecule has 0 atom stereocenters. The van der Waals surface area contributed by atoms with E-state index in [4.69, 9.17) is 5.11 Å². The van der Waals surface area contributed by atoms with E-state index < -0.39 is 10.0 Å². The Labute approximate surface area is 121 Å². The van der Waals surface area contributed by atoms with Crippen LogP contribution in [0, 0.1) is 0 Å². The number of hydrogen-bond donors (Lipinski definition) is 1. The minimum atomic E-state index is -3.45. The van der Waals surface area contributed by atoms with Crippen LogP contribution in [0.2, 0.25) is 0 Å². The van der Waals surface area contributed by atoms with Gasteiger partial charge in [-0.1, -0.05) is 28.1 Å². The Morgan fingerprint density at radius 3 is 2.74 bits per heavy atom. The van der Waals surface area contributed by atoms with E-state index in [-0.39, 0.29) is 19.2 Å². The maximum atomic E-state index is 12.2. The van der Waals surface area contributed by atoms with Crippen molar-refractivity contribution in [2.24, 2.45) is 0 Å². The van der Waals surface area contributed by atoms with Gasteiger partial charge in [0.2, 0.25) is 10.0 Å². The summed E-state index contributed by atoms with van der Waals surface area (Å²) in [7, 11) is -3.45. The molecule has 19 heavy (non-hydrogen) atoms. The molecular weight excluding hydrogens is 330 g/mol. The van der Waals surface area contributed by atoms with Crippen molar-refractivity contribution in [2.45, 2.75) is 18.9 Å². The Kier molecular flexibility index (Phi) is 4.78. The highest BCUT2D eigenvalue weighted by molar-refractivity contribution is 9.10. The molecule has 0 spiro atoms. The molecule has 4 nitrogen and oxygen atoms in total. The first-order valence-corrected chi connectivity index (χ1v) is 8.39. The topological polar surface area (TPSA) is 57.6 Å². The summed E-state index contributed by atoms with van der Waals surface area (Å²) >= 11 is 3.34. The third-order valence-electron chi connectivity index (χ3n) is 2.88. The molecule has 0 amide bonds. The molecule has 1 fully saturated rings. The van der Waals surface area contributed by atoms with Crippen molar-refractivity contribution in [3.05, 3.63) is 39.7 Å². The van der Waals surface area contributed by atoms with Crippen molar-refractivity contribution in [2.75, 3.05) is 13.2 Å². The summed E-state index contributed by atoms with van der Waals surface area (Å²) < 4.78 is 26.6. The molecule has 0 aromatic heterocycles. The Bertz CT molecular complexity index is 567. The van der Waals surface area contributed by atoms with Crippen LogP contribution in [0.15, 0.2) is 34.1 Å². The average Bonchev–Trinajstić information content (AvgIpc) is 3.18. The van der Waals surface area contributed by atoms with E-state index in [1.807, 2.05) is 24.3 Å². The van der Waals surface area contributed by atoms with Crippen molar-refractivity contribution in [3.8, 4) is 0 Å². The van der Waals surface area contributed by atoms with Gasteiger partial charge in [0.1, 0.15) is 0 Å². The number of rotatable bonds is 6. The summed E-state index contributed by atoms with van der Waals surface area (Å²) in [4.78, 5) is 0. The van der Waals surface area contributed by atoms with Gasteiger partial charge < -0.3 is 5.11 Å². The molecule has 1 aliphatic carbocycles. The first-order chi connectivity index (χ1) is 9.03. The average molecular weight is 346 g/mol. The zero-order chi connectivity index (χ0) is 13.9. The lowest BCUT2D eigenvalue weighted by molar-refractivity contribution is 0.251. The van der Waals surface area contributed by atoms with Crippen molar-refractivity contribution >= 4 is 32.0 Å². The van der Waals surface area contributed by atoms with Gasteiger partial charge in [-0.05, 0) is 36.6 Å². The van der Waals surface area contributed by atoms with Crippen LogP contribution in [0.3, 0.4) is 0 Å². The number of halogens is 1. The third kappa shape index (κ3) is 4.14.